The van der Waals surface area contributed by atoms with Crippen LogP contribution in [0.2, 0.25) is 0 Å². The van der Waals surface area contributed by atoms with Crippen molar-refractivity contribution >= 4 is 0 Å². The van der Waals surface area contributed by atoms with E-state index in [2.05, 4.69) is 21.8 Å². The molecule has 1 atom stereocenters. The van der Waals surface area contributed by atoms with Crippen molar-refractivity contribution in [3.8, 4) is 0 Å². The van der Waals surface area contributed by atoms with Gasteiger partial charge >= 0.3 is 0 Å². The molecule has 16 heavy (non-hydrogen) atoms. The van der Waals surface area contributed by atoms with Gasteiger partial charge in [-0.15, -0.1) is 5.10 Å². The Morgan fingerprint density at radius 3 is 2.88 bits per heavy atom. The van der Waals surface area contributed by atoms with Crippen molar-refractivity contribution in [2.75, 3.05) is 6.54 Å². The maximum Gasteiger partial charge on any atom is 0.0857 e. The third-order valence-corrected chi connectivity index (χ3v) is 3.90. The molecule has 4 nitrogen and oxygen atoms in total. The minimum Gasteiger partial charge on any atom is -0.312 e. The summed E-state index contributed by atoms with van der Waals surface area (Å²) in [7, 11) is 0. The molecule has 1 aliphatic heterocycles. The van der Waals surface area contributed by atoms with E-state index in [1.807, 2.05) is 4.68 Å². The van der Waals surface area contributed by atoms with Crippen molar-refractivity contribution in [1.29, 1.82) is 0 Å². The summed E-state index contributed by atoms with van der Waals surface area (Å²) < 4.78 is 2.02. The number of hydrogen-bond donors (Lipinski definition) is 1. The standard InChI is InChI=1S/C12H20N4/c1-2-5-10(4-1)12-9-16(15-14-12)8-11-6-3-7-13-11/h9-11,13H,1-8H2. The second kappa shape index (κ2) is 4.53. The Balaban J connectivity index is 1.62. The van der Waals surface area contributed by atoms with E-state index in [9.17, 15) is 0 Å². The lowest BCUT2D eigenvalue weighted by Gasteiger charge is -2.08. The molecule has 1 aliphatic carbocycles. The van der Waals surface area contributed by atoms with Crippen LogP contribution in [-0.4, -0.2) is 27.6 Å². The highest BCUT2D eigenvalue weighted by Gasteiger charge is 2.21. The van der Waals surface area contributed by atoms with Crippen LogP contribution in [0, 0.1) is 0 Å². The molecular formula is C12H20N4. The molecule has 4 heteroatoms. The van der Waals surface area contributed by atoms with E-state index >= 15 is 0 Å². The van der Waals surface area contributed by atoms with Crippen LogP contribution in [0.15, 0.2) is 6.20 Å². The quantitative estimate of drug-likeness (QED) is 0.843. The predicted molar refractivity (Wildman–Crippen MR) is 62.3 cm³/mol. The summed E-state index contributed by atoms with van der Waals surface area (Å²) in [5, 5.41) is 12.1. The summed E-state index contributed by atoms with van der Waals surface area (Å²) in [6.07, 6.45) is 10.1. The Kier molecular flexibility index (Phi) is 2.91. The summed E-state index contributed by atoms with van der Waals surface area (Å²) in [5.41, 5.74) is 1.22. The first kappa shape index (κ1) is 10.3. The molecule has 2 heterocycles. The number of rotatable bonds is 3. The van der Waals surface area contributed by atoms with Crippen LogP contribution in [0.4, 0.5) is 0 Å². The monoisotopic (exact) mass is 220 g/mol. The van der Waals surface area contributed by atoms with Gasteiger partial charge in [-0.1, -0.05) is 18.1 Å². The average Bonchev–Trinajstić information content (AvgIpc) is 2.99. The second-order valence-electron chi connectivity index (χ2n) is 5.14. The maximum absolute atomic E-state index is 4.33. The van der Waals surface area contributed by atoms with Gasteiger partial charge in [0.15, 0.2) is 0 Å². The molecule has 88 valence electrons. The number of nitrogens with one attached hydrogen (secondary N) is 1. The molecule has 2 fully saturated rings. The lowest BCUT2D eigenvalue weighted by molar-refractivity contribution is 0.466. The van der Waals surface area contributed by atoms with Gasteiger partial charge in [0, 0.05) is 18.2 Å². The topological polar surface area (TPSA) is 42.7 Å². The number of nitrogens with zero attached hydrogens (tertiary/aromatic N) is 3. The second-order valence-corrected chi connectivity index (χ2v) is 5.14. The van der Waals surface area contributed by atoms with Crippen LogP contribution in [-0.2, 0) is 6.54 Å². The van der Waals surface area contributed by atoms with Crippen molar-refractivity contribution in [3.05, 3.63) is 11.9 Å². The highest BCUT2D eigenvalue weighted by Crippen LogP contribution is 2.32. The Labute approximate surface area is 96.4 Å². The zero-order chi connectivity index (χ0) is 10.8. The summed E-state index contributed by atoms with van der Waals surface area (Å²) in [5.74, 6) is 0.685. The van der Waals surface area contributed by atoms with Gasteiger partial charge in [0.05, 0.1) is 12.2 Å². The molecule has 0 bridgehead atoms. The van der Waals surface area contributed by atoms with Crippen molar-refractivity contribution in [3.63, 3.8) is 0 Å². The third kappa shape index (κ3) is 2.12. The SMILES string of the molecule is c1c(C2CCCC2)nnn1CC1CCCN1. The third-order valence-electron chi connectivity index (χ3n) is 3.90. The molecule has 0 radical (unpaired) electrons. The van der Waals surface area contributed by atoms with Gasteiger partial charge in [0.2, 0.25) is 0 Å². The fraction of sp³-hybridized carbons (Fsp3) is 0.833. The molecule has 0 amide bonds. The zero-order valence-electron chi connectivity index (χ0n) is 9.73. The Morgan fingerprint density at radius 1 is 1.25 bits per heavy atom. The maximum atomic E-state index is 4.33. The fourth-order valence-corrected chi connectivity index (χ4v) is 2.95. The van der Waals surface area contributed by atoms with E-state index < -0.39 is 0 Å². The molecular weight excluding hydrogens is 200 g/mol. The molecule has 1 aromatic heterocycles. The lowest BCUT2D eigenvalue weighted by Crippen LogP contribution is -2.26. The molecule has 0 aromatic carbocycles. The van der Waals surface area contributed by atoms with Crippen LogP contribution >= 0.6 is 0 Å². The van der Waals surface area contributed by atoms with Gasteiger partial charge < -0.3 is 5.32 Å². The molecule has 3 rings (SSSR count). The van der Waals surface area contributed by atoms with Crippen LogP contribution in [0.3, 0.4) is 0 Å². The minimum absolute atomic E-state index is 0.609. The van der Waals surface area contributed by atoms with Gasteiger partial charge in [0.25, 0.3) is 0 Å². The number of aromatic nitrogens is 3. The summed E-state index contributed by atoms with van der Waals surface area (Å²) in [4.78, 5) is 0. The van der Waals surface area contributed by atoms with Crippen molar-refractivity contribution < 1.29 is 0 Å². The molecule has 1 unspecified atom stereocenters. The first-order chi connectivity index (χ1) is 7.92. The van der Waals surface area contributed by atoms with Crippen molar-refractivity contribution in [2.45, 2.75) is 57.0 Å². The zero-order valence-corrected chi connectivity index (χ0v) is 9.73. The molecule has 1 N–H and O–H groups in total. The van der Waals surface area contributed by atoms with E-state index in [1.165, 1.54) is 44.2 Å². The molecule has 0 spiro atoms. The summed E-state index contributed by atoms with van der Waals surface area (Å²) in [6.45, 7) is 2.15. The van der Waals surface area contributed by atoms with E-state index in [-0.39, 0.29) is 0 Å². The Bertz CT molecular complexity index is 335. The van der Waals surface area contributed by atoms with Gasteiger partial charge in [-0.05, 0) is 32.2 Å². The van der Waals surface area contributed by atoms with Gasteiger partial charge in [-0.25, -0.2) is 0 Å². The molecule has 2 aliphatic rings. The van der Waals surface area contributed by atoms with Gasteiger partial charge in [-0.3, -0.25) is 4.68 Å². The van der Waals surface area contributed by atoms with Crippen LogP contribution in [0.25, 0.3) is 0 Å². The molecule has 1 saturated heterocycles. The van der Waals surface area contributed by atoms with E-state index in [0.29, 0.717) is 12.0 Å². The largest absolute Gasteiger partial charge is 0.312 e. The van der Waals surface area contributed by atoms with Crippen LogP contribution in [0.5, 0.6) is 0 Å². The van der Waals surface area contributed by atoms with Gasteiger partial charge in [-0.2, -0.15) is 0 Å². The Morgan fingerprint density at radius 2 is 2.12 bits per heavy atom. The van der Waals surface area contributed by atoms with E-state index in [4.69, 9.17) is 0 Å². The van der Waals surface area contributed by atoms with Crippen LogP contribution < -0.4 is 5.32 Å². The summed E-state index contributed by atoms with van der Waals surface area (Å²) in [6, 6.07) is 0.609. The highest BCUT2D eigenvalue weighted by atomic mass is 15.4. The van der Waals surface area contributed by atoms with E-state index in [1.54, 1.807) is 0 Å². The number of hydrogen-bond acceptors (Lipinski definition) is 3. The van der Waals surface area contributed by atoms with Crippen LogP contribution in [0.1, 0.15) is 50.1 Å². The summed E-state index contributed by atoms with van der Waals surface area (Å²) >= 11 is 0. The van der Waals surface area contributed by atoms with E-state index in [0.717, 1.165) is 13.1 Å². The molecule has 1 saturated carbocycles. The fourth-order valence-electron chi connectivity index (χ4n) is 2.95. The smallest absolute Gasteiger partial charge is 0.0857 e. The minimum atomic E-state index is 0.609. The predicted octanol–water partition coefficient (Wildman–Crippen LogP) is 1.69. The highest BCUT2D eigenvalue weighted by molar-refractivity contribution is 5.03. The first-order valence-corrected chi connectivity index (χ1v) is 6.55. The normalized spacial score (nSPS) is 26.6. The van der Waals surface area contributed by atoms with Crippen molar-refractivity contribution in [1.82, 2.24) is 20.3 Å². The van der Waals surface area contributed by atoms with Gasteiger partial charge in [0.1, 0.15) is 0 Å². The first-order valence-electron chi connectivity index (χ1n) is 6.55. The lowest BCUT2D eigenvalue weighted by atomic mass is 10.1. The van der Waals surface area contributed by atoms with Crippen molar-refractivity contribution in [2.24, 2.45) is 0 Å². The average molecular weight is 220 g/mol. The molecule has 1 aromatic rings. The Hall–Kier alpha value is -0.900.